The Morgan fingerprint density at radius 2 is 1.42 bits per heavy atom. The summed E-state index contributed by atoms with van der Waals surface area (Å²) >= 11 is 0. The minimum absolute atomic E-state index is 0.0922. The summed E-state index contributed by atoms with van der Waals surface area (Å²) in [7, 11) is 6.43. The van der Waals surface area contributed by atoms with Gasteiger partial charge in [0.1, 0.15) is 11.5 Å². The molecule has 126 valence electrons. The van der Waals surface area contributed by atoms with Crippen LogP contribution in [0.2, 0.25) is 0 Å². The van der Waals surface area contributed by atoms with Crippen LogP contribution in [0, 0.1) is 0 Å². The van der Waals surface area contributed by atoms with Crippen molar-refractivity contribution >= 4 is 17.5 Å². The highest BCUT2D eigenvalue weighted by atomic mass is 16.5. The molecule has 6 nitrogen and oxygen atoms in total. The van der Waals surface area contributed by atoms with Gasteiger partial charge in [-0.2, -0.15) is 0 Å². The lowest BCUT2D eigenvalue weighted by Crippen LogP contribution is -2.21. The van der Waals surface area contributed by atoms with Crippen molar-refractivity contribution in [1.82, 2.24) is 4.90 Å². The summed E-state index contributed by atoms with van der Waals surface area (Å²) in [5, 5.41) is 2.78. The molecule has 0 aromatic heterocycles. The van der Waals surface area contributed by atoms with E-state index in [1.54, 1.807) is 56.6 Å². The van der Waals surface area contributed by atoms with Crippen LogP contribution in [0.15, 0.2) is 42.5 Å². The molecule has 0 aliphatic rings. The number of nitrogens with zero attached hydrogens (tertiary/aromatic N) is 1. The van der Waals surface area contributed by atoms with E-state index in [-0.39, 0.29) is 11.8 Å². The van der Waals surface area contributed by atoms with Crippen molar-refractivity contribution in [3.8, 4) is 11.5 Å². The van der Waals surface area contributed by atoms with Crippen molar-refractivity contribution in [2.45, 2.75) is 0 Å². The van der Waals surface area contributed by atoms with Crippen LogP contribution in [0.3, 0.4) is 0 Å². The molecule has 0 bridgehead atoms. The molecule has 0 saturated carbocycles. The van der Waals surface area contributed by atoms with E-state index in [4.69, 9.17) is 9.47 Å². The Hall–Kier alpha value is -3.02. The smallest absolute Gasteiger partial charge is 0.255 e. The van der Waals surface area contributed by atoms with Crippen molar-refractivity contribution < 1.29 is 19.1 Å². The number of methoxy groups -OCH3 is 2. The quantitative estimate of drug-likeness (QED) is 0.916. The number of hydrogen-bond donors (Lipinski definition) is 1. The normalized spacial score (nSPS) is 10.0. The average Bonchev–Trinajstić information content (AvgIpc) is 2.61. The predicted octanol–water partition coefficient (Wildman–Crippen LogP) is 2.66. The Balaban J connectivity index is 2.16. The van der Waals surface area contributed by atoms with Gasteiger partial charge in [-0.3, -0.25) is 9.59 Å². The van der Waals surface area contributed by atoms with Gasteiger partial charge in [0.25, 0.3) is 11.8 Å². The third-order valence-corrected chi connectivity index (χ3v) is 3.41. The van der Waals surface area contributed by atoms with Crippen molar-refractivity contribution in [2.24, 2.45) is 0 Å². The molecule has 2 aromatic rings. The van der Waals surface area contributed by atoms with Gasteiger partial charge in [0, 0.05) is 37.0 Å². The number of carbonyl (C=O) groups excluding carboxylic acids is 2. The molecule has 2 rings (SSSR count). The first-order valence-electron chi connectivity index (χ1n) is 7.30. The number of nitrogens with one attached hydrogen (secondary N) is 1. The Morgan fingerprint density at radius 1 is 0.875 bits per heavy atom. The third kappa shape index (κ3) is 4.04. The molecule has 0 heterocycles. The maximum atomic E-state index is 12.4. The summed E-state index contributed by atoms with van der Waals surface area (Å²) in [6, 6.07) is 11.7. The first kappa shape index (κ1) is 17.3. The molecule has 2 aromatic carbocycles. The first-order valence-corrected chi connectivity index (χ1v) is 7.30. The second-order valence-electron chi connectivity index (χ2n) is 5.33. The van der Waals surface area contributed by atoms with Crippen LogP contribution in [0.25, 0.3) is 0 Å². The van der Waals surface area contributed by atoms with E-state index in [0.29, 0.717) is 28.3 Å². The number of ether oxygens (including phenoxy) is 2. The molecule has 0 aliphatic heterocycles. The summed E-state index contributed by atoms with van der Waals surface area (Å²) in [6.45, 7) is 0. The summed E-state index contributed by atoms with van der Waals surface area (Å²) in [4.78, 5) is 25.7. The van der Waals surface area contributed by atoms with Gasteiger partial charge in [0.15, 0.2) is 0 Å². The Labute approximate surface area is 141 Å². The highest BCUT2D eigenvalue weighted by molar-refractivity contribution is 6.05. The molecule has 0 fully saturated rings. The van der Waals surface area contributed by atoms with Gasteiger partial charge < -0.3 is 19.7 Å². The summed E-state index contributed by atoms with van der Waals surface area (Å²) in [5.41, 5.74) is 1.57. The monoisotopic (exact) mass is 328 g/mol. The van der Waals surface area contributed by atoms with Crippen LogP contribution in [0.4, 0.5) is 5.69 Å². The lowest BCUT2D eigenvalue weighted by Gasteiger charge is -2.11. The molecule has 6 heteroatoms. The fourth-order valence-electron chi connectivity index (χ4n) is 2.10. The van der Waals surface area contributed by atoms with Crippen molar-refractivity contribution in [3.63, 3.8) is 0 Å². The topological polar surface area (TPSA) is 67.9 Å². The number of rotatable bonds is 5. The molecular formula is C18H20N2O4. The number of hydrogen-bond acceptors (Lipinski definition) is 4. The predicted molar refractivity (Wildman–Crippen MR) is 92.0 cm³/mol. The van der Waals surface area contributed by atoms with Crippen LogP contribution in [0.1, 0.15) is 20.7 Å². The highest BCUT2D eigenvalue weighted by Crippen LogP contribution is 2.23. The minimum atomic E-state index is -0.293. The zero-order valence-electron chi connectivity index (χ0n) is 14.1. The lowest BCUT2D eigenvalue weighted by molar-refractivity contribution is 0.0827. The Bertz CT molecular complexity index is 717. The second-order valence-corrected chi connectivity index (χ2v) is 5.33. The minimum Gasteiger partial charge on any atom is -0.497 e. The van der Waals surface area contributed by atoms with Crippen LogP contribution in [-0.4, -0.2) is 45.0 Å². The standard InChI is InChI=1S/C18H20N2O4/c1-20(2)18(22)12-5-7-14(8-6-12)19-17(21)13-9-15(23-3)11-16(10-13)24-4/h5-11H,1-4H3,(H,19,21). The molecule has 0 unspecified atom stereocenters. The summed E-state index contributed by atoms with van der Waals surface area (Å²) in [5.74, 6) is 0.683. The van der Waals surface area contributed by atoms with Gasteiger partial charge in [-0.1, -0.05) is 0 Å². The molecular weight excluding hydrogens is 308 g/mol. The van der Waals surface area contributed by atoms with E-state index in [0.717, 1.165) is 0 Å². The maximum Gasteiger partial charge on any atom is 0.255 e. The molecule has 0 radical (unpaired) electrons. The number of anilines is 1. The zero-order valence-corrected chi connectivity index (χ0v) is 14.1. The Kier molecular flexibility index (Phi) is 5.42. The molecule has 0 spiro atoms. The summed E-state index contributed by atoms with van der Waals surface area (Å²) in [6.07, 6.45) is 0. The molecule has 0 atom stereocenters. The van der Waals surface area contributed by atoms with Crippen molar-refractivity contribution in [3.05, 3.63) is 53.6 Å². The summed E-state index contributed by atoms with van der Waals surface area (Å²) < 4.78 is 10.3. The van der Waals surface area contributed by atoms with Gasteiger partial charge in [-0.15, -0.1) is 0 Å². The molecule has 24 heavy (non-hydrogen) atoms. The average molecular weight is 328 g/mol. The molecule has 2 amide bonds. The highest BCUT2D eigenvalue weighted by Gasteiger charge is 2.11. The van der Waals surface area contributed by atoms with E-state index in [1.807, 2.05) is 0 Å². The fourth-order valence-corrected chi connectivity index (χ4v) is 2.10. The van der Waals surface area contributed by atoms with Crippen molar-refractivity contribution in [1.29, 1.82) is 0 Å². The van der Waals surface area contributed by atoms with Crippen LogP contribution < -0.4 is 14.8 Å². The largest absolute Gasteiger partial charge is 0.497 e. The number of amides is 2. The zero-order chi connectivity index (χ0) is 17.7. The van der Waals surface area contributed by atoms with E-state index < -0.39 is 0 Å². The van der Waals surface area contributed by atoms with E-state index in [9.17, 15) is 9.59 Å². The maximum absolute atomic E-state index is 12.4. The van der Waals surface area contributed by atoms with Gasteiger partial charge >= 0.3 is 0 Å². The van der Waals surface area contributed by atoms with Gasteiger partial charge in [0.05, 0.1) is 14.2 Å². The van der Waals surface area contributed by atoms with Gasteiger partial charge in [0.2, 0.25) is 0 Å². The third-order valence-electron chi connectivity index (χ3n) is 3.41. The van der Waals surface area contributed by atoms with Gasteiger partial charge in [-0.25, -0.2) is 0 Å². The fraction of sp³-hybridized carbons (Fsp3) is 0.222. The number of carbonyl (C=O) groups is 2. The van der Waals surface area contributed by atoms with Crippen LogP contribution in [0.5, 0.6) is 11.5 Å². The van der Waals surface area contributed by atoms with E-state index in [2.05, 4.69) is 5.32 Å². The van der Waals surface area contributed by atoms with Crippen LogP contribution >= 0.6 is 0 Å². The van der Waals surface area contributed by atoms with E-state index >= 15 is 0 Å². The van der Waals surface area contributed by atoms with E-state index in [1.165, 1.54) is 19.1 Å². The molecule has 1 N–H and O–H groups in total. The molecule has 0 aliphatic carbocycles. The second kappa shape index (κ2) is 7.50. The number of benzene rings is 2. The Morgan fingerprint density at radius 3 is 1.88 bits per heavy atom. The van der Waals surface area contributed by atoms with Crippen LogP contribution in [-0.2, 0) is 0 Å². The van der Waals surface area contributed by atoms with Gasteiger partial charge in [-0.05, 0) is 36.4 Å². The lowest BCUT2D eigenvalue weighted by atomic mass is 10.1. The first-order chi connectivity index (χ1) is 11.4. The van der Waals surface area contributed by atoms with Crippen molar-refractivity contribution in [2.75, 3.05) is 33.6 Å². The molecule has 0 saturated heterocycles. The SMILES string of the molecule is COc1cc(OC)cc(C(=O)Nc2ccc(C(=O)N(C)C)cc2)c1.